The van der Waals surface area contributed by atoms with Crippen LogP contribution in [0.15, 0.2) is 55.0 Å². The van der Waals surface area contributed by atoms with E-state index >= 15 is 8.78 Å². The van der Waals surface area contributed by atoms with E-state index in [0.717, 1.165) is 18.4 Å². The standard InChI is InChI=1S/C36H29ClF7N9O3S/c1-51-13-26(45-15-51)24-7-5-19(20-4-6-23(37)29-31(20)52(2)49-34(29)50-57(3,55)56)30(47-24)25(10-16-8-17(38)11-18(39)9-16)46-27(54)14-53-33-28(32(48-53)36(42,43)44)21-12-22(21)35(33,40)41/h4-9,11,13,15,21-22,25H,10,12,14H2,1-3H3,(H,46,54)(H,49,50). The highest BCUT2D eigenvalue weighted by molar-refractivity contribution is 7.92. The molecular formula is C36H29ClF7N9O3S. The van der Waals surface area contributed by atoms with Gasteiger partial charge in [0, 0.05) is 49.0 Å². The van der Waals surface area contributed by atoms with Crippen molar-refractivity contribution < 1.29 is 43.9 Å². The summed E-state index contributed by atoms with van der Waals surface area (Å²) < 4.78 is 132. The van der Waals surface area contributed by atoms with Crippen molar-refractivity contribution in [3.05, 3.63) is 99.9 Å². The number of imidazole rings is 1. The van der Waals surface area contributed by atoms with Crippen molar-refractivity contribution >= 4 is 44.3 Å². The average molecular weight is 836 g/mol. The quantitative estimate of drug-likeness (QED) is 0.144. The van der Waals surface area contributed by atoms with Crippen LogP contribution in [0.1, 0.15) is 46.6 Å². The van der Waals surface area contributed by atoms with Crippen LogP contribution in [0.2, 0.25) is 5.02 Å². The van der Waals surface area contributed by atoms with Crippen LogP contribution >= 0.6 is 11.6 Å². The zero-order valence-corrected chi connectivity index (χ0v) is 31.4. The Kier molecular flexibility index (Phi) is 8.95. The molecule has 298 valence electrons. The second-order valence-electron chi connectivity index (χ2n) is 14.2. The molecule has 8 rings (SSSR count). The van der Waals surface area contributed by atoms with Crippen LogP contribution in [0.3, 0.4) is 0 Å². The van der Waals surface area contributed by atoms with Gasteiger partial charge in [-0.1, -0.05) is 23.7 Å². The molecule has 1 saturated carbocycles. The van der Waals surface area contributed by atoms with Gasteiger partial charge in [0.05, 0.1) is 45.9 Å². The summed E-state index contributed by atoms with van der Waals surface area (Å²) in [6.45, 7) is -1.07. The van der Waals surface area contributed by atoms with E-state index in [4.69, 9.17) is 16.6 Å². The van der Waals surface area contributed by atoms with Gasteiger partial charge in [-0.05, 0) is 48.6 Å². The molecule has 2 aliphatic rings. The molecule has 0 saturated heterocycles. The van der Waals surface area contributed by atoms with E-state index in [2.05, 4.69) is 25.2 Å². The van der Waals surface area contributed by atoms with Gasteiger partial charge in [-0.3, -0.25) is 18.9 Å². The highest BCUT2D eigenvalue weighted by atomic mass is 35.5. The van der Waals surface area contributed by atoms with E-state index in [0.29, 0.717) is 27.5 Å². The van der Waals surface area contributed by atoms with Crippen LogP contribution in [0.5, 0.6) is 0 Å². The maximum absolute atomic E-state index is 15.4. The summed E-state index contributed by atoms with van der Waals surface area (Å²) in [5, 5.41) is 10.8. The molecule has 6 aromatic rings. The van der Waals surface area contributed by atoms with Gasteiger partial charge >= 0.3 is 6.18 Å². The SMILES string of the molecule is Cn1cnc(-c2ccc(-c3ccc(Cl)c4c(NS(C)(=O)=O)nn(C)c34)c(C(Cc3cc(F)cc(F)c3)NC(=O)Cn3nc(C(F)(F)F)c4c3C(F)(F)C3CC43)n2)c1. The number of sulfonamides is 1. The number of carbonyl (C=O) groups is 1. The smallest absolute Gasteiger partial charge is 0.346 e. The summed E-state index contributed by atoms with van der Waals surface area (Å²) >= 11 is 6.58. The monoisotopic (exact) mass is 835 g/mol. The van der Waals surface area contributed by atoms with Crippen molar-refractivity contribution in [3.8, 4) is 22.5 Å². The Hall–Kier alpha value is -5.50. The summed E-state index contributed by atoms with van der Waals surface area (Å²) in [4.78, 5) is 23.1. The number of fused-ring (bicyclic) bond motifs is 4. The highest BCUT2D eigenvalue weighted by Crippen LogP contribution is 2.68. The normalized spacial score (nSPS) is 17.7. The Balaban J connectivity index is 1.29. The number of anilines is 1. The fraction of sp³-hybridized carbons (Fsp3) is 0.306. The van der Waals surface area contributed by atoms with E-state index < -0.39 is 81.0 Å². The number of hydrogen-bond acceptors (Lipinski definition) is 7. The number of amides is 1. The van der Waals surface area contributed by atoms with Crippen LogP contribution in [0.25, 0.3) is 33.4 Å². The summed E-state index contributed by atoms with van der Waals surface area (Å²) in [7, 11) is -0.597. The molecule has 2 N–H and O–H groups in total. The lowest BCUT2D eigenvalue weighted by atomic mass is 9.93. The first kappa shape index (κ1) is 38.4. The molecule has 1 amide bonds. The van der Waals surface area contributed by atoms with Gasteiger partial charge in [0.15, 0.2) is 11.5 Å². The van der Waals surface area contributed by atoms with E-state index in [1.54, 1.807) is 36.0 Å². The van der Waals surface area contributed by atoms with Crippen LogP contribution in [-0.4, -0.2) is 54.7 Å². The molecule has 57 heavy (non-hydrogen) atoms. The molecule has 0 radical (unpaired) electrons. The second-order valence-corrected chi connectivity index (χ2v) is 16.3. The first-order chi connectivity index (χ1) is 26.7. The number of benzene rings is 2. The number of nitrogens with zero attached hydrogens (tertiary/aromatic N) is 7. The number of pyridine rings is 1. The Morgan fingerprint density at radius 1 is 1.04 bits per heavy atom. The first-order valence-corrected chi connectivity index (χ1v) is 19.4. The summed E-state index contributed by atoms with van der Waals surface area (Å²) in [5.74, 6) is -9.11. The Bertz CT molecular complexity index is 2730. The second kappa shape index (κ2) is 13.3. The van der Waals surface area contributed by atoms with Crippen molar-refractivity contribution in [1.82, 2.24) is 39.4 Å². The Morgan fingerprint density at radius 2 is 1.74 bits per heavy atom. The lowest BCUT2D eigenvalue weighted by Gasteiger charge is -2.23. The summed E-state index contributed by atoms with van der Waals surface area (Å²) in [5.41, 5.74) is -1.44. The number of rotatable bonds is 10. The number of halogens is 8. The fourth-order valence-corrected chi connectivity index (χ4v) is 8.38. The number of carbonyl (C=O) groups excluding carboxylic acids is 1. The molecule has 0 aliphatic heterocycles. The molecule has 0 bridgehead atoms. The van der Waals surface area contributed by atoms with Crippen LogP contribution in [-0.2, 0) is 54.0 Å². The first-order valence-electron chi connectivity index (χ1n) is 17.1. The third kappa shape index (κ3) is 6.98. The zero-order valence-electron chi connectivity index (χ0n) is 29.8. The minimum Gasteiger partial charge on any atom is -0.346 e. The molecule has 21 heteroatoms. The van der Waals surface area contributed by atoms with Gasteiger partial charge in [-0.15, -0.1) is 0 Å². The van der Waals surface area contributed by atoms with Gasteiger partial charge in [-0.2, -0.15) is 32.1 Å². The van der Waals surface area contributed by atoms with Gasteiger partial charge in [0.25, 0.3) is 5.92 Å². The van der Waals surface area contributed by atoms with E-state index in [-0.39, 0.29) is 51.6 Å². The molecule has 0 spiro atoms. The predicted molar refractivity (Wildman–Crippen MR) is 193 cm³/mol. The molecular weight excluding hydrogens is 807 g/mol. The van der Waals surface area contributed by atoms with Crippen molar-refractivity contribution in [2.45, 2.75) is 43.4 Å². The summed E-state index contributed by atoms with van der Waals surface area (Å²) in [6.07, 6.45) is -1.49. The third-order valence-corrected chi connectivity index (χ3v) is 10.8. The van der Waals surface area contributed by atoms with Crippen LogP contribution in [0, 0.1) is 17.6 Å². The van der Waals surface area contributed by atoms with Crippen LogP contribution < -0.4 is 10.0 Å². The number of hydrogen-bond donors (Lipinski definition) is 2. The number of aryl methyl sites for hydroxylation is 2. The fourth-order valence-electron chi connectivity index (χ4n) is 7.65. The van der Waals surface area contributed by atoms with E-state index in [1.807, 2.05) is 0 Å². The lowest BCUT2D eigenvalue weighted by Crippen LogP contribution is -2.35. The highest BCUT2D eigenvalue weighted by Gasteiger charge is 2.68. The topological polar surface area (TPSA) is 142 Å². The summed E-state index contributed by atoms with van der Waals surface area (Å²) in [6, 6.07) is 7.59. The van der Waals surface area contributed by atoms with Crippen molar-refractivity contribution in [3.63, 3.8) is 0 Å². The van der Waals surface area contributed by atoms with Crippen molar-refractivity contribution in [1.29, 1.82) is 0 Å². The van der Waals surface area contributed by atoms with Crippen molar-refractivity contribution in [2.24, 2.45) is 20.0 Å². The molecule has 4 aromatic heterocycles. The van der Waals surface area contributed by atoms with Gasteiger partial charge < -0.3 is 9.88 Å². The molecule has 2 aromatic carbocycles. The maximum atomic E-state index is 15.4. The molecule has 3 unspecified atom stereocenters. The third-order valence-electron chi connectivity index (χ3n) is 9.92. The molecule has 4 heterocycles. The van der Waals surface area contributed by atoms with Gasteiger partial charge in [0.2, 0.25) is 15.9 Å². The maximum Gasteiger partial charge on any atom is 0.435 e. The van der Waals surface area contributed by atoms with E-state index in [9.17, 15) is 35.2 Å². The number of nitrogens with one attached hydrogen (secondary N) is 2. The minimum absolute atomic E-state index is 0.0289. The zero-order chi connectivity index (χ0) is 40.9. The molecule has 3 atom stereocenters. The number of aromatic nitrogens is 7. The number of alkyl halides is 5. The molecule has 12 nitrogen and oxygen atoms in total. The average Bonchev–Trinajstić information content (AvgIpc) is 3.32. The Morgan fingerprint density at radius 3 is 2.39 bits per heavy atom. The molecule has 1 fully saturated rings. The minimum atomic E-state index is -5.07. The largest absolute Gasteiger partial charge is 0.435 e. The predicted octanol–water partition coefficient (Wildman–Crippen LogP) is 6.86. The van der Waals surface area contributed by atoms with Crippen LogP contribution in [0.4, 0.5) is 36.6 Å². The van der Waals surface area contributed by atoms with E-state index in [1.165, 1.54) is 24.1 Å². The lowest BCUT2D eigenvalue weighted by molar-refractivity contribution is -0.142. The van der Waals surface area contributed by atoms with Gasteiger partial charge in [-0.25, -0.2) is 27.2 Å². The Labute approximate surface area is 323 Å². The van der Waals surface area contributed by atoms with Gasteiger partial charge in [0.1, 0.15) is 29.6 Å². The van der Waals surface area contributed by atoms with Crippen molar-refractivity contribution in [2.75, 3.05) is 11.0 Å². The molecule has 2 aliphatic carbocycles.